The second kappa shape index (κ2) is 5.26. The van der Waals surface area contributed by atoms with Gasteiger partial charge < -0.3 is 10.1 Å². The van der Waals surface area contributed by atoms with Gasteiger partial charge in [0.15, 0.2) is 0 Å². The monoisotopic (exact) mass is 258 g/mol. The van der Waals surface area contributed by atoms with E-state index in [9.17, 15) is 4.79 Å². The smallest absolute Gasteiger partial charge is 0.304 e. The van der Waals surface area contributed by atoms with Crippen molar-refractivity contribution in [3.63, 3.8) is 0 Å². The summed E-state index contributed by atoms with van der Waals surface area (Å²) in [6.07, 6.45) is 1.79. The maximum Gasteiger partial charge on any atom is 0.304 e. The van der Waals surface area contributed by atoms with E-state index in [1.54, 1.807) is 6.20 Å². The Labute approximate surface area is 112 Å². The lowest BCUT2D eigenvalue weighted by Crippen LogP contribution is -2.10. The fourth-order valence-electron chi connectivity index (χ4n) is 2.31. The van der Waals surface area contributed by atoms with Gasteiger partial charge in [0, 0.05) is 17.8 Å². The summed E-state index contributed by atoms with van der Waals surface area (Å²) >= 11 is 0. The Balaban J connectivity index is 2.48. The molecule has 0 amide bonds. The molecule has 0 saturated carbocycles. The molecule has 0 aliphatic rings. The number of H-pyrrole nitrogens is 1. The maximum absolute atomic E-state index is 11.1. The summed E-state index contributed by atoms with van der Waals surface area (Å²) < 4.78 is 0. The van der Waals surface area contributed by atoms with Crippen molar-refractivity contribution in [2.24, 2.45) is 0 Å². The summed E-state index contributed by atoms with van der Waals surface area (Å²) in [6.45, 7) is 5.89. The fraction of sp³-hybridized carbons (Fsp3) is 0.333. The minimum atomic E-state index is -0.807. The molecule has 1 unspecified atom stereocenters. The lowest BCUT2D eigenvalue weighted by atomic mass is 9.88. The molecular formula is C15H18N2O2. The van der Waals surface area contributed by atoms with E-state index in [-0.39, 0.29) is 12.3 Å². The van der Waals surface area contributed by atoms with Crippen molar-refractivity contribution >= 4 is 5.97 Å². The van der Waals surface area contributed by atoms with Gasteiger partial charge in [0.05, 0.1) is 6.42 Å². The van der Waals surface area contributed by atoms with Crippen LogP contribution < -0.4 is 0 Å². The zero-order valence-electron chi connectivity index (χ0n) is 11.4. The number of nitrogens with zero attached hydrogens (tertiary/aromatic N) is 1. The number of benzene rings is 1. The minimum Gasteiger partial charge on any atom is -0.481 e. The van der Waals surface area contributed by atoms with Gasteiger partial charge >= 0.3 is 5.97 Å². The summed E-state index contributed by atoms with van der Waals surface area (Å²) in [6, 6.07) is 6.12. The molecular weight excluding hydrogens is 240 g/mol. The highest BCUT2D eigenvalue weighted by molar-refractivity contribution is 5.69. The number of rotatable bonds is 4. The Morgan fingerprint density at radius 1 is 1.37 bits per heavy atom. The molecule has 0 saturated heterocycles. The predicted octanol–water partition coefficient (Wildman–Crippen LogP) is 2.94. The summed E-state index contributed by atoms with van der Waals surface area (Å²) in [5.41, 5.74) is 4.14. The molecule has 2 aromatic rings. The summed E-state index contributed by atoms with van der Waals surface area (Å²) in [5, 5.41) is 9.14. The molecule has 2 rings (SSSR count). The third kappa shape index (κ3) is 3.02. The van der Waals surface area contributed by atoms with E-state index in [0.717, 1.165) is 28.2 Å². The average Bonchev–Trinajstić information content (AvgIpc) is 2.76. The number of imidazole rings is 1. The van der Waals surface area contributed by atoms with Gasteiger partial charge in [0.25, 0.3) is 0 Å². The van der Waals surface area contributed by atoms with Crippen molar-refractivity contribution in [2.75, 3.05) is 0 Å². The van der Waals surface area contributed by atoms with E-state index in [0.29, 0.717) is 0 Å². The molecule has 4 heteroatoms. The predicted molar refractivity (Wildman–Crippen MR) is 73.3 cm³/mol. The molecule has 0 bridgehead atoms. The molecule has 0 radical (unpaired) electrons. The molecule has 100 valence electrons. The van der Waals surface area contributed by atoms with Gasteiger partial charge in [-0.25, -0.2) is 4.98 Å². The van der Waals surface area contributed by atoms with E-state index in [1.807, 2.05) is 32.9 Å². The number of aryl methyl sites for hydroxylation is 3. The first kappa shape index (κ1) is 13.3. The molecule has 19 heavy (non-hydrogen) atoms. The molecule has 0 spiro atoms. The number of aromatic nitrogens is 2. The van der Waals surface area contributed by atoms with Crippen LogP contribution in [-0.4, -0.2) is 21.0 Å². The lowest BCUT2D eigenvalue weighted by Gasteiger charge is -2.17. The van der Waals surface area contributed by atoms with Gasteiger partial charge in [-0.3, -0.25) is 4.79 Å². The molecule has 0 fully saturated rings. The van der Waals surface area contributed by atoms with Crippen LogP contribution in [0.1, 0.15) is 40.5 Å². The largest absolute Gasteiger partial charge is 0.481 e. The van der Waals surface area contributed by atoms with E-state index < -0.39 is 5.97 Å². The highest BCUT2D eigenvalue weighted by Crippen LogP contribution is 2.30. The van der Waals surface area contributed by atoms with Crippen LogP contribution in [0.2, 0.25) is 0 Å². The molecule has 0 aliphatic carbocycles. The Morgan fingerprint density at radius 2 is 2.11 bits per heavy atom. The van der Waals surface area contributed by atoms with Crippen LogP contribution in [0, 0.1) is 20.8 Å². The van der Waals surface area contributed by atoms with Gasteiger partial charge in [-0.15, -0.1) is 0 Å². The molecule has 4 nitrogen and oxygen atoms in total. The number of carboxylic acids is 1. The lowest BCUT2D eigenvalue weighted by molar-refractivity contribution is -0.137. The first-order chi connectivity index (χ1) is 8.97. The highest BCUT2D eigenvalue weighted by atomic mass is 16.4. The Bertz CT molecular complexity index is 602. The van der Waals surface area contributed by atoms with E-state index in [1.165, 1.54) is 0 Å². The summed E-state index contributed by atoms with van der Waals surface area (Å²) in [4.78, 5) is 18.5. The van der Waals surface area contributed by atoms with Crippen LogP contribution >= 0.6 is 0 Å². The first-order valence-corrected chi connectivity index (χ1v) is 6.28. The van der Waals surface area contributed by atoms with Crippen LogP contribution in [0.4, 0.5) is 0 Å². The number of aliphatic carboxylic acids is 1. The molecule has 1 aromatic heterocycles. The minimum absolute atomic E-state index is 0.0614. The number of carbonyl (C=O) groups is 1. The fourth-order valence-corrected chi connectivity index (χ4v) is 2.31. The number of carboxylic acid groups (broad SMARTS) is 1. The Kier molecular flexibility index (Phi) is 3.69. The molecule has 1 atom stereocenters. The molecule has 1 heterocycles. The quantitative estimate of drug-likeness (QED) is 0.886. The summed E-state index contributed by atoms with van der Waals surface area (Å²) in [5.74, 6) is -0.188. The first-order valence-electron chi connectivity index (χ1n) is 6.28. The van der Waals surface area contributed by atoms with Crippen molar-refractivity contribution < 1.29 is 9.90 Å². The number of aromatic amines is 1. The Morgan fingerprint density at radius 3 is 2.68 bits per heavy atom. The SMILES string of the molecule is Cc1ccc(C)c(C(CC(=O)O)c2cnc(C)[nH]2)c1. The molecule has 2 N–H and O–H groups in total. The third-order valence-corrected chi connectivity index (χ3v) is 3.29. The van der Waals surface area contributed by atoms with Crippen LogP contribution in [0.15, 0.2) is 24.4 Å². The van der Waals surface area contributed by atoms with E-state index >= 15 is 0 Å². The van der Waals surface area contributed by atoms with Crippen molar-refractivity contribution in [3.8, 4) is 0 Å². The van der Waals surface area contributed by atoms with Crippen LogP contribution in [-0.2, 0) is 4.79 Å². The van der Waals surface area contributed by atoms with Crippen molar-refractivity contribution in [1.82, 2.24) is 9.97 Å². The number of hydrogen-bond donors (Lipinski definition) is 2. The second-order valence-corrected chi connectivity index (χ2v) is 4.93. The van der Waals surface area contributed by atoms with Crippen LogP contribution in [0.25, 0.3) is 0 Å². The average molecular weight is 258 g/mol. The van der Waals surface area contributed by atoms with E-state index in [4.69, 9.17) is 5.11 Å². The summed E-state index contributed by atoms with van der Waals surface area (Å²) in [7, 11) is 0. The molecule has 0 aliphatic heterocycles. The van der Waals surface area contributed by atoms with Crippen molar-refractivity contribution in [1.29, 1.82) is 0 Å². The second-order valence-electron chi connectivity index (χ2n) is 4.93. The normalized spacial score (nSPS) is 12.4. The topological polar surface area (TPSA) is 66.0 Å². The number of nitrogens with one attached hydrogen (secondary N) is 1. The molecule has 1 aromatic carbocycles. The van der Waals surface area contributed by atoms with Gasteiger partial charge in [0.2, 0.25) is 0 Å². The van der Waals surface area contributed by atoms with Crippen molar-refractivity contribution in [2.45, 2.75) is 33.1 Å². The van der Waals surface area contributed by atoms with Crippen molar-refractivity contribution in [3.05, 3.63) is 52.6 Å². The van der Waals surface area contributed by atoms with Gasteiger partial charge in [-0.2, -0.15) is 0 Å². The zero-order valence-corrected chi connectivity index (χ0v) is 11.4. The van der Waals surface area contributed by atoms with Crippen LogP contribution in [0.3, 0.4) is 0 Å². The zero-order chi connectivity index (χ0) is 14.0. The highest BCUT2D eigenvalue weighted by Gasteiger charge is 2.21. The van der Waals surface area contributed by atoms with E-state index in [2.05, 4.69) is 16.0 Å². The van der Waals surface area contributed by atoms with Gasteiger partial charge in [-0.1, -0.05) is 23.8 Å². The van der Waals surface area contributed by atoms with Gasteiger partial charge in [-0.05, 0) is 31.9 Å². The van der Waals surface area contributed by atoms with Gasteiger partial charge in [0.1, 0.15) is 5.82 Å². The standard InChI is InChI=1S/C15H18N2O2/c1-9-4-5-10(2)12(6-9)13(7-15(18)19)14-8-16-11(3)17-14/h4-6,8,13H,7H2,1-3H3,(H,16,17)(H,18,19). The maximum atomic E-state index is 11.1. The Hall–Kier alpha value is -2.10. The van der Waals surface area contributed by atoms with Crippen LogP contribution in [0.5, 0.6) is 0 Å². The third-order valence-electron chi connectivity index (χ3n) is 3.29. The number of hydrogen-bond acceptors (Lipinski definition) is 2.